The molecule has 0 saturated heterocycles. The number of nitrogens with one attached hydrogen (secondary N) is 1. The number of halogens is 4. The standard InChI is InChI=1S/C27H41F4NO3/c1-4-5-6-7-8-9-10-11-12-13-14-15-18-35-26(34)24(20(2)3)32-25(33)22-17-16-21(28)19-23(22)27(29,30)31/h16-17,19-20,24H,4-15,18H2,1-3H3,(H,32,33). The first-order chi connectivity index (χ1) is 16.6. The Hall–Kier alpha value is -2.12. The lowest BCUT2D eigenvalue weighted by atomic mass is 10.0. The van der Waals surface area contributed by atoms with Crippen LogP contribution in [0.4, 0.5) is 17.6 Å². The highest BCUT2D eigenvalue weighted by Gasteiger charge is 2.37. The fraction of sp³-hybridized carbons (Fsp3) is 0.704. The van der Waals surface area contributed by atoms with Crippen LogP contribution in [-0.4, -0.2) is 24.5 Å². The Balaban J connectivity index is 2.37. The van der Waals surface area contributed by atoms with Crippen molar-refractivity contribution in [2.24, 2.45) is 5.92 Å². The molecule has 1 rings (SSSR count). The smallest absolute Gasteiger partial charge is 0.417 e. The number of rotatable bonds is 17. The molecule has 0 aliphatic rings. The minimum absolute atomic E-state index is 0.194. The molecule has 0 aliphatic heterocycles. The van der Waals surface area contributed by atoms with E-state index in [2.05, 4.69) is 12.2 Å². The van der Waals surface area contributed by atoms with Gasteiger partial charge in [0.1, 0.15) is 11.9 Å². The number of benzene rings is 1. The molecule has 0 bridgehead atoms. The fourth-order valence-electron chi connectivity index (χ4n) is 3.87. The number of hydrogen-bond acceptors (Lipinski definition) is 3. The summed E-state index contributed by atoms with van der Waals surface area (Å²) in [5, 5.41) is 2.33. The summed E-state index contributed by atoms with van der Waals surface area (Å²) in [5.41, 5.74) is -2.12. The molecule has 1 atom stereocenters. The largest absolute Gasteiger partial charge is 0.464 e. The van der Waals surface area contributed by atoms with Crippen LogP contribution in [0.5, 0.6) is 0 Å². The van der Waals surface area contributed by atoms with Gasteiger partial charge < -0.3 is 10.1 Å². The molecular formula is C27H41F4NO3. The summed E-state index contributed by atoms with van der Waals surface area (Å²) in [4.78, 5) is 25.0. The molecule has 0 aromatic heterocycles. The molecular weight excluding hydrogens is 462 g/mol. The zero-order valence-electron chi connectivity index (χ0n) is 21.3. The number of carbonyl (C=O) groups excluding carboxylic acids is 2. The topological polar surface area (TPSA) is 55.4 Å². The van der Waals surface area contributed by atoms with E-state index in [-0.39, 0.29) is 12.7 Å². The van der Waals surface area contributed by atoms with Crippen LogP contribution in [0.3, 0.4) is 0 Å². The summed E-state index contributed by atoms with van der Waals surface area (Å²) >= 11 is 0. The van der Waals surface area contributed by atoms with E-state index < -0.39 is 47.0 Å². The lowest BCUT2D eigenvalue weighted by Gasteiger charge is -2.22. The summed E-state index contributed by atoms with van der Waals surface area (Å²) in [6.07, 6.45) is 9.20. The van der Waals surface area contributed by atoms with Gasteiger partial charge in [-0.3, -0.25) is 4.79 Å². The highest BCUT2D eigenvalue weighted by atomic mass is 19.4. The first kappa shape index (κ1) is 30.9. The molecule has 0 fully saturated rings. The van der Waals surface area contributed by atoms with Gasteiger partial charge in [0.2, 0.25) is 0 Å². The van der Waals surface area contributed by atoms with Crippen molar-refractivity contribution in [1.29, 1.82) is 0 Å². The van der Waals surface area contributed by atoms with Gasteiger partial charge in [-0.05, 0) is 30.5 Å². The van der Waals surface area contributed by atoms with Crippen molar-refractivity contribution >= 4 is 11.9 Å². The zero-order valence-corrected chi connectivity index (χ0v) is 21.3. The molecule has 1 aromatic carbocycles. The third kappa shape index (κ3) is 12.4. The fourth-order valence-corrected chi connectivity index (χ4v) is 3.87. The predicted molar refractivity (Wildman–Crippen MR) is 130 cm³/mol. The molecule has 0 aliphatic carbocycles. The number of unbranched alkanes of at least 4 members (excludes halogenated alkanes) is 11. The van der Waals surface area contributed by atoms with Gasteiger partial charge in [-0.2, -0.15) is 13.2 Å². The normalized spacial score (nSPS) is 12.6. The molecule has 35 heavy (non-hydrogen) atoms. The third-order valence-corrected chi connectivity index (χ3v) is 5.98. The maximum absolute atomic E-state index is 13.3. The Morgan fingerprint density at radius 2 is 1.40 bits per heavy atom. The molecule has 0 radical (unpaired) electrons. The number of amides is 1. The van der Waals surface area contributed by atoms with E-state index in [0.29, 0.717) is 6.42 Å². The van der Waals surface area contributed by atoms with Gasteiger partial charge in [0, 0.05) is 0 Å². The maximum atomic E-state index is 13.3. The van der Waals surface area contributed by atoms with Crippen molar-refractivity contribution in [3.05, 3.63) is 35.1 Å². The van der Waals surface area contributed by atoms with Gasteiger partial charge in [-0.15, -0.1) is 0 Å². The van der Waals surface area contributed by atoms with Crippen LogP contribution >= 0.6 is 0 Å². The van der Waals surface area contributed by atoms with Gasteiger partial charge in [-0.1, -0.05) is 91.4 Å². The molecule has 1 amide bonds. The van der Waals surface area contributed by atoms with Crippen molar-refractivity contribution < 1.29 is 31.9 Å². The van der Waals surface area contributed by atoms with Crippen LogP contribution in [0.25, 0.3) is 0 Å². The number of carbonyl (C=O) groups is 2. The van der Waals surface area contributed by atoms with Crippen LogP contribution < -0.4 is 5.32 Å². The molecule has 1 aromatic rings. The summed E-state index contributed by atoms with van der Waals surface area (Å²) in [6.45, 7) is 5.73. The Morgan fingerprint density at radius 3 is 1.89 bits per heavy atom. The summed E-state index contributed by atoms with van der Waals surface area (Å²) in [7, 11) is 0. The Kier molecular flexibility index (Phi) is 14.6. The van der Waals surface area contributed by atoms with E-state index >= 15 is 0 Å². The number of alkyl halides is 3. The Labute approximate surface area is 207 Å². The SMILES string of the molecule is CCCCCCCCCCCCCCOC(=O)C(NC(=O)c1ccc(F)cc1C(F)(F)F)C(C)C. The van der Waals surface area contributed by atoms with Gasteiger partial charge in [0.05, 0.1) is 17.7 Å². The first-order valence-corrected chi connectivity index (χ1v) is 12.9. The van der Waals surface area contributed by atoms with E-state index in [9.17, 15) is 27.2 Å². The molecule has 0 heterocycles. The second kappa shape index (κ2) is 16.5. The lowest BCUT2D eigenvalue weighted by molar-refractivity contribution is -0.147. The number of hydrogen-bond donors (Lipinski definition) is 1. The highest BCUT2D eigenvalue weighted by Crippen LogP contribution is 2.32. The Morgan fingerprint density at radius 1 is 0.886 bits per heavy atom. The van der Waals surface area contributed by atoms with E-state index in [1.807, 2.05) is 0 Å². The quantitative estimate of drug-likeness (QED) is 0.134. The van der Waals surface area contributed by atoms with Crippen molar-refractivity contribution in [2.45, 2.75) is 110 Å². The van der Waals surface area contributed by atoms with E-state index in [1.54, 1.807) is 13.8 Å². The second-order valence-corrected chi connectivity index (χ2v) is 9.44. The van der Waals surface area contributed by atoms with Crippen molar-refractivity contribution in [1.82, 2.24) is 5.32 Å². The van der Waals surface area contributed by atoms with Crippen LogP contribution in [0.15, 0.2) is 18.2 Å². The van der Waals surface area contributed by atoms with Gasteiger partial charge in [0.15, 0.2) is 0 Å². The highest BCUT2D eigenvalue weighted by molar-refractivity contribution is 5.98. The van der Waals surface area contributed by atoms with Crippen molar-refractivity contribution in [3.63, 3.8) is 0 Å². The second-order valence-electron chi connectivity index (χ2n) is 9.44. The molecule has 1 unspecified atom stereocenters. The Bertz CT molecular complexity index is 765. The maximum Gasteiger partial charge on any atom is 0.417 e. The molecule has 1 N–H and O–H groups in total. The van der Waals surface area contributed by atoms with E-state index in [0.717, 1.165) is 31.4 Å². The lowest BCUT2D eigenvalue weighted by Crippen LogP contribution is -2.45. The van der Waals surface area contributed by atoms with Crippen LogP contribution in [-0.2, 0) is 15.7 Å². The third-order valence-electron chi connectivity index (χ3n) is 5.98. The van der Waals surface area contributed by atoms with Gasteiger partial charge in [0.25, 0.3) is 5.91 Å². The molecule has 4 nitrogen and oxygen atoms in total. The molecule has 0 spiro atoms. The molecule has 200 valence electrons. The average molecular weight is 504 g/mol. The van der Waals surface area contributed by atoms with E-state index in [1.165, 1.54) is 51.4 Å². The van der Waals surface area contributed by atoms with Crippen molar-refractivity contribution in [3.8, 4) is 0 Å². The minimum Gasteiger partial charge on any atom is -0.464 e. The van der Waals surface area contributed by atoms with Crippen molar-refractivity contribution in [2.75, 3.05) is 6.61 Å². The zero-order chi connectivity index (χ0) is 26.3. The summed E-state index contributed by atoms with van der Waals surface area (Å²) in [6, 6.07) is 0.708. The summed E-state index contributed by atoms with van der Waals surface area (Å²) in [5.74, 6) is -3.29. The molecule has 8 heteroatoms. The number of esters is 1. The van der Waals surface area contributed by atoms with E-state index in [4.69, 9.17) is 4.74 Å². The van der Waals surface area contributed by atoms with Crippen LogP contribution in [0.1, 0.15) is 114 Å². The van der Waals surface area contributed by atoms with Crippen LogP contribution in [0, 0.1) is 11.7 Å². The van der Waals surface area contributed by atoms with Crippen LogP contribution in [0.2, 0.25) is 0 Å². The predicted octanol–water partition coefficient (Wildman–Crippen LogP) is 7.84. The monoisotopic (exact) mass is 503 g/mol. The first-order valence-electron chi connectivity index (χ1n) is 12.9. The summed E-state index contributed by atoms with van der Waals surface area (Å²) < 4.78 is 58.2. The van der Waals surface area contributed by atoms with Gasteiger partial charge >= 0.3 is 12.1 Å². The van der Waals surface area contributed by atoms with Gasteiger partial charge in [-0.25, -0.2) is 9.18 Å². The minimum atomic E-state index is -4.91. The number of ether oxygens (including phenoxy) is 1. The average Bonchev–Trinajstić information content (AvgIpc) is 2.79. The molecule has 0 saturated carbocycles.